The minimum Gasteiger partial charge on any atom is -0.374 e. The lowest BCUT2D eigenvalue weighted by molar-refractivity contribution is -0.111. The molecule has 1 rings (SSSR count). The molecule has 0 saturated heterocycles. The van der Waals surface area contributed by atoms with Gasteiger partial charge in [0.15, 0.2) is 17.9 Å². The van der Waals surface area contributed by atoms with E-state index < -0.39 is 6.29 Å². The van der Waals surface area contributed by atoms with E-state index in [1.165, 1.54) is 0 Å². The van der Waals surface area contributed by atoms with Gasteiger partial charge in [-0.25, -0.2) is 4.68 Å². The van der Waals surface area contributed by atoms with Crippen molar-refractivity contribution in [2.24, 2.45) is 0 Å². The van der Waals surface area contributed by atoms with Crippen molar-refractivity contribution in [2.45, 2.75) is 45.3 Å². The van der Waals surface area contributed by atoms with Gasteiger partial charge in [-0.15, -0.1) is 10.2 Å². The molecule has 21 heavy (non-hydrogen) atoms. The number of methoxy groups -OCH3 is 4. The number of nitrogens with zero attached hydrogens (tertiary/aromatic N) is 3. The van der Waals surface area contributed by atoms with Gasteiger partial charge >= 0.3 is 0 Å². The van der Waals surface area contributed by atoms with E-state index in [1.807, 2.05) is 20.8 Å². The second-order valence-electron chi connectivity index (χ2n) is 4.77. The molecule has 0 saturated carbocycles. The SMILES string of the molecule is COC(C)c1nnc(C(C)OC)n1NC(C)C(OC)OC. The molecule has 1 N–H and O–H groups in total. The summed E-state index contributed by atoms with van der Waals surface area (Å²) < 4.78 is 23.0. The second-order valence-corrected chi connectivity index (χ2v) is 4.77. The van der Waals surface area contributed by atoms with Gasteiger partial charge in [0, 0.05) is 28.4 Å². The zero-order valence-corrected chi connectivity index (χ0v) is 13.8. The van der Waals surface area contributed by atoms with Crippen molar-refractivity contribution in [1.29, 1.82) is 0 Å². The fourth-order valence-corrected chi connectivity index (χ4v) is 1.95. The number of hydrogen-bond acceptors (Lipinski definition) is 7. The van der Waals surface area contributed by atoms with Crippen molar-refractivity contribution < 1.29 is 18.9 Å². The van der Waals surface area contributed by atoms with Crippen molar-refractivity contribution in [3.63, 3.8) is 0 Å². The topological polar surface area (TPSA) is 79.7 Å². The molecule has 1 heterocycles. The average Bonchev–Trinajstić information content (AvgIpc) is 2.90. The van der Waals surface area contributed by atoms with Crippen molar-refractivity contribution >= 4 is 0 Å². The molecule has 8 nitrogen and oxygen atoms in total. The Bertz CT molecular complexity index is 395. The maximum atomic E-state index is 5.33. The van der Waals surface area contributed by atoms with Crippen LogP contribution >= 0.6 is 0 Å². The summed E-state index contributed by atoms with van der Waals surface area (Å²) in [5.41, 5.74) is 3.27. The highest BCUT2D eigenvalue weighted by atomic mass is 16.7. The van der Waals surface area contributed by atoms with Gasteiger partial charge in [0.2, 0.25) is 0 Å². The number of ether oxygens (including phenoxy) is 4. The quantitative estimate of drug-likeness (QED) is 0.687. The molecule has 1 aromatic heterocycles. The van der Waals surface area contributed by atoms with Crippen LogP contribution < -0.4 is 5.43 Å². The highest BCUT2D eigenvalue weighted by molar-refractivity contribution is 5.05. The van der Waals surface area contributed by atoms with E-state index in [-0.39, 0.29) is 18.2 Å². The third kappa shape index (κ3) is 4.13. The van der Waals surface area contributed by atoms with E-state index in [0.29, 0.717) is 11.6 Å². The van der Waals surface area contributed by atoms with Crippen molar-refractivity contribution in [3.8, 4) is 0 Å². The average molecular weight is 302 g/mol. The fraction of sp³-hybridized carbons (Fsp3) is 0.846. The lowest BCUT2D eigenvalue weighted by Crippen LogP contribution is -2.40. The van der Waals surface area contributed by atoms with Crippen LogP contribution in [0.5, 0.6) is 0 Å². The van der Waals surface area contributed by atoms with E-state index in [2.05, 4.69) is 15.6 Å². The van der Waals surface area contributed by atoms with E-state index in [1.54, 1.807) is 33.1 Å². The standard InChI is InChI=1S/C13H26N4O4/c1-8(13(20-6)21-7)16-17-11(9(2)18-4)14-15-12(17)10(3)19-5/h8-10,13,16H,1-7H3. The summed E-state index contributed by atoms with van der Waals surface area (Å²) in [6.07, 6.45) is -0.819. The molecule has 1 aromatic rings. The maximum absolute atomic E-state index is 5.33. The summed E-state index contributed by atoms with van der Waals surface area (Å²) in [6, 6.07) is -0.124. The van der Waals surface area contributed by atoms with Gasteiger partial charge in [0.05, 0.1) is 6.04 Å². The molecule has 0 radical (unpaired) electrons. The van der Waals surface area contributed by atoms with Crippen molar-refractivity contribution in [2.75, 3.05) is 33.9 Å². The van der Waals surface area contributed by atoms with Crippen LogP contribution in [-0.2, 0) is 18.9 Å². The first-order valence-electron chi connectivity index (χ1n) is 6.83. The van der Waals surface area contributed by atoms with Crippen molar-refractivity contribution in [3.05, 3.63) is 11.6 Å². The summed E-state index contributed by atoms with van der Waals surface area (Å²) in [4.78, 5) is 0. The summed E-state index contributed by atoms with van der Waals surface area (Å²) in [6.45, 7) is 5.75. The Labute approximate surface area is 125 Å². The molecule has 0 fully saturated rings. The third-order valence-corrected chi connectivity index (χ3v) is 3.35. The largest absolute Gasteiger partial charge is 0.374 e. The van der Waals surface area contributed by atoms with Gasteiger partial charge in [-0.2, -0.15) is 0 Å². The molecule has 8 heteroatoms. The first-order valence-corrected chi connectivity index (χ1v) is 6.83. The zero-order chi connectivity index (χ0) is 16.0. The number of rotatable bonds is 9. The van der Waals surface area contributed by atoms with Crippen LogP contribution in [0, 0.1) is 0 Å². The minimum absolute atomic E-state index is 0.124. The van der Waals surface area contributed by atoms with Crippen LogP contribution in [0.3, 0.4) is 0 Å². The molecular weight excluding hydrogens is 276 g/mol. The summed E-state index contributed by atoms with van der Waals surface area (Å²) in [5.74, 6) is 1.32. The predicted molar refractivity (Wildman–Crippen MR) is 77.5 cm³/mol. The number of nitrogens with one attached hydrogen (secondary N) is 1. The van der Waals surface area contributed by atoms with E-state index in [9.17, 15) is 0 Å². The molecule has 0 aliphatic carbocycles. The summed E-state index contributed by atoms with van der Waals surface area (Å²) >= 11 is 0. The summed E-state index contributed by atoms with van der Waals surface area (Å²) in [7, 11) is 6.44. The normalized spacial score (nSPS) is 16.0. The second kappa shape index (κ2) is 8.28. The van der Waals surface area contributed by atoms with Gasteiger partial charge in [-0.1, -0.05) is 0 Å². The molecule has 0 aliphatic heterocycles. The molecule has 0 spiro atoms. The molecule has 0 aliphatic rings. The zero-order valence-electron chi connectivity index (χ0n) is 13.8. The Morgan fingerprint density at radius 2 is 1.24 bits per heavy atom. The van der Waals surface area contributed by atoms with Crippen LogP contribution in [0.25, 0.3) is 0 Å². The molecule has 0 aromatic carbocycles. The molecule has 0 bridgehead atoms. The van der Waals surface area contributed by atoms with Gasteiger partial charge in [-0.3, -0.25) is 0 Å². The molecule has 0 amide bonds. The Kier molecular flexibility index (Phi) is 7.03. The van der Waals surface area contributed by atoms with Crippen LogP contribution in [0.2, 0.25) is 0 Å². The Hall–Kier alpha value is -1.22. The van der Waals surface area contributed by atoms with E-state index in [4.69, 9.17) is 18.9 Å². The first kappa shape index (κ1) is 17.8. The highest BCUT2D eigenvalue weighted by Crippen LogP contribution is 2.20. The maximum Gasteiger partial charge on any atom is 0.180 e. The van der Waals surface area contributed by atoms with Crippen LogP contribution in [0.15, 0.2) is 0 Å². The Balaban J connectivity index is 3.08. The minimum atomic E-state index is -0.399. The first-order chi connectivity index (χ1) is 9.99. The fourth-order valence-electron chi connectivity index (χ4n) is 1.95. The van der Waals surface area contributed by atoms with Gasteiger partial charge in [0.25, 0.3) is 0 Å². The lowest BCUT2D eigenvalue weighted by Gasteiger charge is -2.26. The van der Waals surface area contributed by atoms with Crippen LogP contribution in [-0.4, -0.2) is 55.6 Å². The van der Waals surface area contributed by atoms with Crippen LogP contribution in [0.1, 0.15) is 44.6 Å². The van der Waals surface area contributed by atoms with Crippen molar-refractivity contribution in [1.82, 2.24) is 14.9 Å². The van der Waals surface area contributed by atoms with Gasteiger partial charge in [0.1, 0.15) is 12.2 Å². The highest BCUT2D eigenvalue weighted by Gasteiger charge is 2.24. The third-order valence-electron chi connectivity index (χ3n) is 3.35. The van der Waals surface area contributed by atoms with Gasteiger partial charge < -0.3 is 24.4 Å². The van der Waals surface area contributed by atoms with Crippen LogP contribution in [0.4, 0.5) is 0 Å². The van der Waals surface area contributed by atoms with E-state index in [0.717, 1.165) is 0 Å². The lowest BCUT2D eigenvalue weighted by atomic mass is 10.3. The van der Waals surface area contributed by atoms with Gasteiger partial charge in [-0.05, 0) is 20.8 Å². The predicted octanol–water partition coefficient (Wildman–Crippen LogP) is 1.24. The smallest absolute Gasteiger partial charge is 0.180 e. The Morgan fingerprint density at radius 1 is 0.810 bits per heavy atom. The molecule has 3 atom stereocenters. The molecule has 3 unspecified atom stereocenters. The van der Waals surface area contributed by atoms with E-state index >= 15 is 0 Å². The Morgan fingerprint density at radius 3 is 1.57 bits per heavy atom. The molecular formula is C13H26N4O4. The number of hydrogen-bond donors (Lipinski definition) is 1. The molecule has 122 valence electrons. The monoisotopic (exact) mass is 302 g/mol. The summed E-state index contributed by atoms with van der Waals surface area (Å²) in [5, 5.41) is 8.37. The number of aromatic nitrogens is 3.